The molecular weight excluding hydrogens is 400 g/mol. The zero-order valence-corrected chi connectivity index (χ0v) is 15.9. The lowest BCUT2D eigenvalue weighted by Crippen LogP contribution is -2.27. The second-order valence-electron chi connectivity index (χ2n) is 6.03. The van der Waals surface area contributed by atoms with Crippen LogP contribution in [-0.2, 0) is 22.6 Å². The summed E-state index contributed by atoms with van der Waals surface area (Å²) in [6, 6.07) is 6.05. The third-order valence-electron chi connectivity index (χ3n) is 4.27. The Morgan fingerprint density at radius 2 is 2.27 bits per heavy atom. The van der Waals surface area contributed by atoms with Crippen molar-refractivity contribution in [3.63, 3.8) is 0 Å². The molecule has 1 aliphatic rings. The highest BCUT2D eigenvalue weighted by molar-refractivity contribution is 9.10. The van der Waals surface area contributed by atoms with Crippen LogP contribution in [0.4, 0.5) is 0 Å². The first-order chi connectivity index (χ1) is 12.6. The highest BCUT2D eigenvalue weighted by atomic mass is 79.9. The molecule has 1 N–H and O–H groups in total. The molecule has 0 bridgehead atoms. The number of carbonyl (C=O) groups is 1. The summed E-state index contributed by atoms with van der Waals surface area (Å²) in [6.45, 7) is 2.82. The Bertz CT molecular complexity index is 993. The molecular formula is C17H17BrN6O2. The van der Waals surface area contributed by atoms with Gasteiger partial charge in [0.25, 0.3) is 0 Å². The van der Waals surface area contributed by atoms with E-state index in [9.17, 15) is 4.79 Å². The maximum atomic E-state index is 11.6. The number of fused-ring (bicyclic) bond motifs is 5. The molecule has 0 atom stereocenters. The van der Waals surface area contributed by atoms with E-state index in [4.69, 9.17) is 4.74 Å². The molecule has 0 unspecified atom stereocenters. The van der Waals surface area contributed by atoms with Crippen LogP contribution in [0.25, 0.3) is 17.1 Å². The summed E-state index contributed by atoms with van der Waals surface area (Å²) in [6.07, 6.45) is 1.83. The van der Waals surface area contributed by atoms with E-state index in [-0.39, 0.29) is 19.1 Å². The van der Waals surface area contributed by atoms with E-state index in [0.29, 0.717) is 12.4 Å². The number of halogens is 1. The predicted octanol–water partition coefficient (Wildman–Crippen LogP) is 1.83. The monoisotopic (exact) mass is 416 g/mol. The number of hydrogen-bond donors (Lipinski definition) is 1. The van der Waals surface area contributed by atoms with Crippen molar-refractivity contribution in [1.29, 1.82) is 0 Å². The molecule has 1 aliphatic heterocycles. The molecule has 134 valence electrons. The molecule has 0 saturated carbocycles. The number of carbonyl (C=O) groups excluding carboxylic acids is 1. The van der Waals surface area contributed by atoms with Crippen LogP contribution in [0.2, 0.25) is 0 Å². The smallest absolute Gasteiger partial charge is 0.246 e. The van der Waals surface area contributed by atoms with Crippen LogP contribution in [-0.4, -0.2) is 43.9 Å². The highest BCUT2D eigenvalue weighted by Crippen LogP contribution is 2.33. The number of hydrogen-bond acceptors (Lipinski definition) is 5. The molecule has 3 aromatic rings. The number of nitrogens with one attached hydrogen (secondary N) is 1. The molecule has 1 amide bonds. The van der Waals surface area contributed by atoms with Crippen molar-refractivity contribution in [2.24, 2.45) is 0 Å². The fourth-order valence-corrected chi connectivity index (χ4v) is 3.39. The van der Waals surface area contributed by atoms with E-state index in [1.807, 2.05) is 36.1 Å². The van der Waals surface area contributed by atoms with Gasteiger partial charge in [-0.05, 0) is 25.1 Å². The second kappa shape index (κ2) is 6.65. The Hall–Kier alpha value is -2.52. The zero-order valence-electron chi connectivity index (χ0n) is 14.4. The zero-order chi connectivity index (χ0) is 18.3. The molecule has 0 saturated heterocycles. The Kier molecular flexibility index (Phi) is 4.33. The molecule has 4 rings (SSSR count). The number of amides is 1. The van der Waals surface area contributed by atoms with Gasteiger partial charge in [0.2, 0.25) is 5.91 Å². The second-order valence-corrected chi connectivity index (χ2v) is 6.94. The minimum Gasteiger partial charge on any atom is -0.375 e. The fraction of sp³-hybridized carbons (Fsp3) is 0.294. The SMILES string of the molecule is COCC(=O)NCc1nc2n(n1)Cc1c(C)ncn1-c1ccc(Br)cc1-2. The summed E-state index contributed by atoms with van der Waals surface area (Å²) >= 11 is 3.53. The predicted molar refractivity (Wildman–Crippen MR) is 97.8 cm³/mol. The molecule has 0 fully saturated rings. The molecule has 8 nitrogen and oxygen atoms in total. The van der Waals surface area contributed by atoms with E-state index in [1.54, 1.807) is 0 Å². The van der Waals surface area contributed by atoms with Crippen LogP contribution in [0.3, 0.4) is 0 Å². The maximum absolute atomic E-state index is 11.6. The van der Waals surface area contributed by atoms with Crippen molar-refractivity contribution in [2.45, 2.75) is 20.0 Å². The summed E-state index contributed by atoms with van der Waals surface area (Å²) in [5.74, 6) is 1.12. The molecule has 0 spiro atoms. The van der Waals surface area contributed by atoms with Crippen LogP contribution in [0.5, 0.6) is 0 Å². The van der Waals surface area contributed by atoms with Gasteiger partial charge in [0.05, 0.1) is 36.5 Å². The van der Waals surface area contributed by atoms with Crippen molar-refractivity contribution >= 4 is 21.8 Å². The largest absolute Gasteiger partial charge is 0.375 e. The minimum atomic E-state index is -0.199. The fourth-order valence-electron chi connectivity index (χ4n) is 3.03. The summed E-state index contributed by atoms with van der Waals surface area (Å²) in [5.41, 5.74) is 3.98. The van der Waals surface area contributed by atoms with Crippen molar-refractivity contribution < 1.29 is 9.53 Å². The van der Waals surface area contributed by atoms with Gasteiger partial charge in [0, 0.05) is 17.1 Å². The van der Waals surface area contributed by atoms with Gasteiger partial charge in [-0.3, -0.25) is 4.79 Å². The first-order valence-electron chi connectivity index (χ1n) is 8.09. The Balaban J connectivity index is 1.76. The number of methoxy groups -OCH3 is 1. The average molecular weight is 417 g/mol. The Labute approximate surface area is 158 Å². The van der Waals surface area contributed by atoms with Gasteiger partial charge in [0.1, 0.15) is 6.61 Å². The van der Waals surface area contributed by atoms with Gasteiger partial charge in [0.15, 0.2) is 11.6 Å². The molecule has 26 heavy (non-hydrogen) atoms. The number of imidazole rings is 1. The van der Waals surface area contributed by atoms with Gasteiger partial charge in [-0.2, -0.15) is 5.10 Å². The van der Waals surface area contributed by atoms with Crippen LogP contribution in [0, 0.1) is 6.92 Å². The molecule has 1 aromatic carbocycles. The topological polar surface area (TPSA) is 86.9 Å². The molecule has 2 aromatic heterocycles. The summed E-state index contributed by atoms with van der Waals surface area (Å²) in [5, 5.41) is 7.34. The number of rotatable bonds is 4. The number of benzene rings is 1. The lowest BCUT2D eigenvalue weighted by Gasteiger charge is -2.08. The van der Waals surface area contributed by atoms with E-state index in [1.165, 1.54) is 7.11 Å². The lowest BCUT2D eigenvalue weighted by molar-refractivity contribution is -0.124. The van der Waals surface area contributed by atoms with E-state index in [2.05, 4.69) is 40.9 Å². The van der Waals surface area contributed by atoms with Gasteiger partial charge < -0.3 is 14.6 Å². The highest BCUT2D eigenvalue weighted by Gasteiger charge is 2.24. The van der Waals surface area contributed by atoms with Crippen molar-refractivity contribution in [3.05, 3.63) is 46.2 Å². The third-order valence-corrected chi connectivity index (χ3v) is 4.76. The maximum Gasteiger partial charge on any atom is 0.246 e. The summed E-state index contributed by atoms with van der Waals surface area (Å²) < 4.78 is 9.71. The molecule has 3 heterocycles. The van der Waals surface area contributed by atoms with Crippen molar-refractivity contribution in [1.82, 2.24) is 29.6 Å². The Morgan fingerprint density at radius 3 is 3.08 bits per heavy atom. The first kappa shape index (κ1) is 16.9. The van der Waals surface area contributed by atoms with E-state index < -0.39 is 0 Å². The molecule has 9 heteroatoms. The van der Waals surface area contributed by atoms with Gasteiger partial charge >= 0.3 is 0 Å². The van der Waals surface area contributed by atoms with Gasteiger partial charge in [-0.15, -0.1) is 0 Å². The Morgan fingerprint density at radius 1 is 1.42 bits per heavy atom. The van der Waals surface area contributed by atoms with Crippen LogP contribution in [0.15, 0.2) is 29.0 Å². The normalized spacial score (nSPS) is 12.1. The first-order valence-corrected chi connectivity index (χ1v) is 8.88. The van der Waals surface area contributed by atoms with Gasteiger partial charge in [-0.1, -0.05) is 15.9 Å². The molecule has 0 radical (unpaired) electrons. The van der Waals surface area contributed by atoms with E-state index >= 15 is 0 Å². The number of aromatic nitrogens is 5. The average Bonchev–Trinajstić information content (AvgIpc) is 3.15. The number of ether oxygens (including phenoxy) is 1. The third kappa shape index (κ3) is 2.93. The van der Waals surface area contributed by atoms with Crippen LogP contribution in [0.1, 0.15) is 17.2 Å². The van der Waals surface area contributed by atoms with Gasteiger partial charge in [-0.25, -0.2) is 14.6 Å². The summed E-state index contributed by atoms with van der Waals surface area (Å²) in [7, 11) is 1.48. The standard InChI is InChI=1S/C17H17BrN6O2/c1-10-14-7-24-17(21-15(22-24)6-19-16(25)8-26-2)12-5-11(18)3-4-13(12)23(14)9-20-10/h3-5,9H,6-8H2,1-2H3,(H,19,25). The summed E-state index contributed by atoms with van der Waals surface area (Å²) in [4.78, 5) is 20.7. The van der Waals surface area contributed by atoms with Crippen LogP contribution < -0.4 is 5.32 Å². The van der Waals surface area contributed by atoms with Crippen molar-refractivity contribution in [2.75, 3.05) is 13.7 Å². The minimum absolute atomic E-state index is 0.0156. The van der Waals surface area contributed by atoms with Crippen LogP contribution >= 0.6 is 15.9 Å². The molecule has 0 aliphatic carbocycles. The van der Waals surface area contributed by atoms with Crippen molar-refractivity contribution in [3.8, 4) is 17.1 Å². The number of aryl methyl sites for hydroxylation is 1. The number of nitrogens with zero attached hydrogens (tertiary/aromatic N) is 5. The quantitative estimate of drug-likeness (QED) is 0.548. The van der Waals surface area contributed by atoms with E-state index in [0.717, 1.165) is 32.9 Å². The lowest BCUT2D eigenvalue weighted by atomic mass is 10.1.